The van der Waals surface area contributed by atoms with Crippen LogP contribution in [0.5, 0.6) is 0 Å². The van der Waals surface area contributed by atoms with Gasteiger partial charge in [-0.1, -0.05) is 46.6 Å². The maximum Gasteiger partial charge on any atom is 0.191 e. The largest absolute Gasteiger partial charge is 0.211 e. The van der Waals surface area contributed by atoms with Gasteiger partial charge in [0.05, 0.1) is 5.69 Å². The van der Waals surface area contributed by atoms with Gasteiger partial charge >= 0.3 is 0 Å². The number of rotatable bonds is 2. The summed E-state index contributed by atoms with van der Waals surface area (Å²) in [5.74, 6) is 0. The molecule has 3 aromatic rings. The van der Waals surface area contributed by atoms with Crippen LogP contribution in [-0.4, -0.2) is 15.0 Å². The molecule has 0 aliphatic carbocycles. The van der Waals surface area contributed by atoms with Crippen LogP contribution in [-0.2, 0) is 0 Å². The van der Waals surface area contributed by atoms with E-state index in [0.29, 0.717) is 10.7 Å². The van der Waals surface area contributed by atoms with Crippen LogP contribution in [0.1, 0.15) is 11.3 Å². The fraction of sp³-hybridized carbons (Fsp3) is 0.0625. The molecule has 21 heavy (non-hydrogen) atoms. The summed E-state index contributed by atoms with van der Waals surface area (Å²) in [6.45, 7) is 2.02. The third-order valence-electron chi connectivity index (χ3n) is 3.15. The monoisotopic (exact) mass is 294 g/mol. The first-order chi connectivity index (χ1) is 10.2. The molecule has 0 aliphatic heterocycles. The molecule has 0 bridgehead atoms. The summed E-state index contributed by atoms with van der Waals surface area (Å²) in [4.78, 5) is 0. The molecule has 0 fully saturated rings. The molecule has 5 heteroatoms. The predicted molar refractivity (Wildman–Crippen MR) is 81.3 cm³/mol. The van der Waals surface area contributed by atoms with E-state index in [9.17, 15) is 5.26 Å². The zero-order chi connectivity index (χ0) is 14.8. The second kappa shape index (κ2) is 5.39. The Morgan fingerprint density at radius 1 is 1.14 bits per heavy atom. The Kier molecular flexibility index (Phi) is 3.43. The Bertz CT molecular complexity index is 828. The van der Waals surface area contributed by atoms with Crippen molar-refractivity contribution in [3.63, 3.8) is 0 Å². The minimum atomic E-state index is 0.276. The topological polar surface area (TPSA) is 54.5 Å². The summed E-state index contributed by atoms with van der Waals surface area (Å²) in [6, 6.07) is 17.3. The molecule has 1 heterocycles. The van der Waals surface area contributed by atoms with Crippen molar-refractivity contribution in [2.24, 2.45) is 0 Å². The first-order valence-electron chi connectivity index (χ1n) is 6.38. The van der Waals surface area contributed by atoms with Crippen molar-refractivity contribution in [2.45, 2.75) is 6.92 Å². The molecule has 4 nitrogen and oxygen atoms in total. The predicted octanol–water partition coefficient (Wildman–Crippen LogP) is 3.77. The van der Waals surface area contributed by atoms with Gasteiger partial charge < -0.3 is 0 Å². The fourth-order valence-corrected chi connectivity index (χ4v) is 2.31. The van der Waals surface area contributed by atoms with Gasteiger partial charge in [0.15, 0.2) is 5.69 Å². The Balaban J connectivity index is 2.22. The highest BCUT2D eigenvalue weighted by Crippen LogP contribution is 2.27. The summed E-state index contributed by atoms with van der Waals surface area (Å²) in [5, 5.41) is 17.9. The summed E-state index contributed by atoms with van der Waals surface area (Å²) < 4.78 is 1.66. The number of aryl methyl sites for hydroxylation is 1. The van der Waals surface area contributed by atoms with Gasteiger partial charge in [-0.2, -0.15) is 5.26 Å². The SMILES string of the molecule is Cc1ccc(-n2nnc(C#N)c2-c2cccc(Cl)c2)cc1. The van der Waals surface area contributed by atoms with Gasteiger partial charge in [-0.3, -0.25) is 0 Å². The fourth-order valence-electron chi connectivity index (χ4n) is 2.12. The standard InChI is InChI=1S/C16H11ClN4/c1-11-5-7-14(8-6-11)21-16(15(10-18)19-20-21)12-3-2-4-13(17)9-12/h2-9H,1H3. The molecule has 0 amide bonds. The van der Waals surface area contributed by atoms with Crippen LogP contribution >= 0.6 is 11.6 Å². The van der Waals surface area contributed by atoms with Crippen LogP contribution in [0.3, 0.4) is 0 Å². The van der Waals surface area contributed by atoms with Crippen LogP contribution in [0.25, 0.3) is 16.9 Å². The first-order valence-corrected chi connectivity index (χ1v) is 6.75. The Labute approximate surface area is 127 Å². The molecule has 0 spiro atoms. The lowest BCUT2D eigenvalue weighted by Crippen LogP contribution is -1.99. The van der Waals surface area contributed by atoms with Gasteiger partial charge in [-0.05, 0) is 31.2 Å². The summed E-state index contributed by atoms with van der Waals surface area (Å²) in [7, 11) is 0. The number of aromatic nitrogens is 3. The van der Waals surface area contributed by atoms with Crippen molar-refractivity contribution in [2.75, 3.05) is 0 Å². The van der Waals surface area contributed by atoms with Gasteiger partial charge in [-0.25, -0.2) is 4.68 Å². The third kappa shape index (κ3) is 2.51. The molecular formula is C16H11ClN4. The summed E-state index contributed by atoms with van der Waals surface area (Å²) >= 11 is 6.04. The molecule has 102 valence electrons. The minimum Gasteiger partial charge on any atom is -0.211 e. The molecule has 0 atom stereocenters. The molecule has 0 unspecified atom stereocenters. The smallest absolute Gasteiger partial charge is 0.191 e. The van der Waals surface area contributed by atoms with E-state index in [4.69, 9.17) is 11.6 Å². The van der Waals surface area contributed by atoms with Crippen LogP contribution in [0.4, 0.5) is 0 Å². The number of halogens is 1. The lowest BCUT2D eigenvalue weighted by Gasteiger charge is -2.07. The first kappa shape index (κ1) is 13.3. The third-order valence-corrected chi connectivity index (χ3v) is 3.39. The number of hydrogen-bond acceptors (Lipinski definition) is 3. The second-order valence-electron chi connectivity index (χ2n) is 4.66. The molecule has 1 aromatic heterocycles. The van der Waals surface area contributed by atoms with E-state index in [0.717, 1.165) is 16.8 Å². The van der Waals surface area contributed by atoms with Crippen LogP contribution in [0, 0.1) is 18.3 Å². The van der Waals surface area contributed by atoms with E-state index in [1.54, 1.807) is 16.8 Å². The van der Waals surface area contributed by atoms with Gasteiger partial charge in [0.25, 0.3) is 0 Å². The van der Waals surface area contributed by atoms with E-state index >= 15 is 0 Å². The van der Waals surface area contributed by atoms with Crippen LogP contribution in [0.2, 0.25) is 5.02 Å². The quantitative estimate of drug-likeness (QED) is 0.723. The highest BCUT2D eigenvalue weighted by Gasteiger charge is 2.16. The Morgan fingerprint density at radius 3 is 2.57 bits per heavy atom. The van der Waals surface area contributed by atoms with Crippen molar-refractivity contribution < 1.29 is 0 Å². The number of nitrogens with zero attached hydrogens (tertiary/aromatic N) is 4. The van der Waals surface area contributed by atoms with E-state index in [-0.39, 0.29) is 5.69 Å². The maximum absolute atomic E-state index is 9.25. The summed E-state index contributed by atoms with van der Waals surface area (Å²) in [6.07, 6.45) is 0. The van der Waals surface area contributed by atoms with E-state index in [1.165, 1.54) is 0 Å². The molecule has 0 aliphatic rings. The zero-order valence-corrected chi connectivity index (χ0v) is 12.0. The van der Waals surface area contributed by atoms with Crippen LogP contribution in [0.15, 0.2) is 48.5 Å². The summed E-state index contributed by atoms with van der Waals surface area (Å²) in [5.41, 5.74) is 3.74. The lowest BCUT2D eigenvalue weighted by atomic mass is 10.1. The number of hydrogen-bond donors (Lipinski definition) is 0. The van der Waals surface area contributed by atoms with Crippen molar-refractivity contribution in [3.8, 4) is 23.0 Å². The number of nitriles is 1. The highest BCUT2D eigenvalue weighted by molar-refractivity contribution is 6.30. The van der Waals surface area contributed by atoms with Gasteiger partial charge in [0.1, 0.15) is 11.8 Å². The van der Waals surface area contributed by atoms with Crippen molar-refractivity contribution in [1.29, 1.82) is 5.26 Å². The van der Waals surface area contributed by atoms with Gasteiger partial charge in [0, 0.05) is 10.6 Å². The molecule has 0 N–H and O–H groups in total. The zero-order valence-electron chi connectivity index (χ0n) is 11.3. The molecule has 0 saturated heterocycles. The van der Waals surface area contributed by atoms with E-state index in [1.807, 2.05) is 43.3 Å². The van der Waals surface area contributed by atoms with Crippen molar-refractivity contribution in [1.82, 2.24) is 15.0 Å². The average molecular weight is 295 g/mol. The van der Waals surface area contributed by atoms with Crippen molar-refractivity contribution >= 4 is 11.6 Å². The Morgan fingerprint density at radius 2 is 1.90 bits per heavy atom. The maximum atomic E-state index is 9.25. The number of benzene rings is 2. The molecule has 0 saturated carbocycles. The molecule has 2 aromatic carbocycles. The molecular weight excluding hydrogens is 284 g/mol. The van der Waals surface area contributed by atoms with E-state index < -0.39 is 0 Å². The lowest BCUT2D eigenvalue weighted by molar-refractivity contribution is 0.806. The van der Waals surface area contributed by atoms with Crippen molar-refractivity contribution in [3.05, 3.63) is 64.8 Å². The average Bonchev–Trinajstić information content (AvgIpc) is 2.92. The highest BCUT2D eigenvalue weighted by atomic mass is 35.5. The van der Waals surface area contributed by atoms with E-state index in [2.05, 4.69) is 16.4 Å². The molecule has 3 rings (SSSR count). The molecule has 0 radical (unpaired) electrons. The normalized spacial score (nSPS) is 10.3. The Hall–Kier alpha value is -2.64. The van der Waals surface area contributed by atoms with Crippen LogP contribution < -0.4 is 0 Å². The van der Waals surface area contributed by atoms with Gasteiger partial charge in [-0.15, -0.1) is 5.10 Å². The minimum absolute atomic E-state index is 0.276. The van der Waals surface area contributed by atoms with Gasteiger partial charge in [0.2, 0.25) is 0 Å². The second-order valence-corrected chi connectivity index (χ2v) is 5.09.